The van der Waals surface area contributed by atoms with Crippen molar-refractivity contribution in [2.75, 3.05) is 23.7 Å². The number of alkyl halides is 3. The first-order valence-corrected chi connectivity index (χ1v) is 13.4. The molecule has 0 bridgehead atoms. The van der Waals surface area contributed by atoms with Crippen molar-refractivity contribution < 1.29 is 35.6 Å². The molecular formula is C24H28ClF4N3O4S. The third-order valence-electron chi connectivity index (χ3n) is 5.34. The number of benzene rings is 2. The number of sulfonamides is 1. The molecule has 2 amide bonds. The molecule has 2 aromatic rings. The van der Waals surface area contributed by atoms with Crippen molar-refractivity contribution in [2.24, 2.45) is 5.92 Å². The maximum Gasteiger partial charge on any atom is 0.416 e. The first-order valence-electron chi connectivity index (χ1n) is 11.2. The fourth-order valence-corrected chi connectivity index (χ4v) is 4.42. The number of halogens is 5. The highest BCUT2D eigenvalue weighted by atomic mass is 35.5. The van der Waals surface area contributed by atoms with Crippen molar-refractivity contribution in [3.05, 3.63) is 64.4 Å². The Morgan fingerprint density at radius 2 is 1.65 bits per heavy atom. The zero-order chi connectivity index (χ0) is 28.1. The molecule has 0 aliphatic heterocycles. The Hall–Kier alpha value is -2.86. The van der Waals surface area contributed by atoms with Crippen molar-refractivity contribution in [3.8, 4) is 0 Å². The average Bonchev–Trinajstić information content (AvgIpc) is 2.79. The fraction of sp³-hybridized carbons (Fsp3) is 0.417. The Morgan fingerprint density at radius 3 is 2.16 bits per heavy atom. The van der Waals surface area contributed by atoms with Gasteiger partial charge in [0.05, 0.1) is 22.5 Å². The summed E-state index contributed by atoms with van der Waals surface area (Å²) in [6.07, 6.45) is -4.07. The minimum Gasteiger partial charge on any atom is -0.354 e. The van der Waals surface area contributed by atoms with E-state index >= 15 is 0 Å². The molecule has 0 spiro atoms. The second kappa shape index (κ2) is 12.1. The molecule has 204 valence electrons. The predicted octanol–water partition coefficient (Wildman–Crippen LogP) is 4.45. The van der Waals surface area contributed by atoms with E-state index < -0.39 is 57.7 Å². The van der Waals surface area contributed by atoms with Gasteiger partial charge in [-0.2, -0.15) is 13.2 Å². The number of nitrogens with zero attached hydrogens (tertiary/aromatic N) is 2. The quantitative estimate of drug-likeness (QED) is 0.431. The molecule has 1 atom stereocenters. The molecule has 1 unspecified atom stereocenters. The normalized spacial score (nSPS) is 12.8. The molecule has 2 aromatic carbocycles. The van der Waals surface area contributed by atoms with Crippen LogP contribution < -0.4 is 9.62 Å². The summed E-state index contributed by atoms with van der Waals surface area (Å²) in [7, 11) is -4.29. The SMILES string of the molecule is CC(C)CNC(=O)C(C)N(Cc1ccc(F)cc1)C(=O)CN(c1cc(C(F)(F)F)ccc1Cl)S(C)(=O)=O. The Balaban J connectivity index is 2.47. The van der Waals surface area contributed by atoms with Crippen molar-refractivity contribution in [1.82, 2.24) is 10.2 Å². The zero-order valence-electron chi connectivity index (χ0n) is 20.6. The predicted molar refractivity (Wildman–Crippen MR) is 133 cm³/mol. The molecule has 37 heavy (non-hydrogen) atoms. The van der Waals surface area contributed by atoms with Crippen LogP contribution in [0.5, 0.6) is 0 Å². The smallest absolute Gasteiger partial charge is 0.354 e. The van der Waals surface area contributed by atoms with Gasteiger partial charge in [-0.25, -0.2) is 12.8 Å². The third-order valence-corrected chi connectivity index (χ3v) is 6.79. The van der Waals surface area contributed by atoms with Gasteiger partial charge in [-0.3, -0.25) is 13.9 Å². The Labute approximate surface area is 218 Å². The zero-order valence-corrected chi connectivity index (χ0v) is 22.2. The summed E-state index contributed by atoms with van der Waals surface area (Å²) in [5.74, 6) is -1.81. The number of hydrogen-bond acceptors (Lipinski definition) is 4. The average molecular weight is 566 g/mol. The standard InChI is InChI=1S/C24H28ClF4N3O4S/c1-15(2)12-30-23(34)16(3)31(13-17-5-8-19(26)9-6-17)22(33)14-32(37(4,35)36)21-11-18(24(27,28)29)7-10-20(21)25/h5-11,15-16H,12-14H2,1-4H3,(H,30,34). The minimum atomic E-state index is -4.79. The lowest BCUT2D eigenvalue weighted by Crippen LogP contribution is -2.51. The van der Waals surface area contributed by atoms with Gasteiger partial charge in [-0.1, -0.05) is 37.6 Å². The number of anilines is 1. The lowest BCUT2D eigenvalue weighted by atomic mass is 10.1. The number of rotatable bonds is 10. The van der Waals surface area contributed by atoms with E-state index in [1.54, 1.807) is 0 Å². The molecule has 0 radical (unpaired) electrons. The Morgan fingerprint density at radius 1 is 1.05 bits per heavy atom. The van der Waals surface area contributed by atoms with Gasteiger partial charge in [0.2, 0.25) is 21.8 Å². The Kier molecular flexibility index (Phi) is 9.95. The summed E-state index contributed by atoms with van der Waals surface area (Å²) in [6, 6.07) is 6.14. The molecule has 0 heterocycles. The van der Waals surface area contributed by atoms with Gasteiger partial charge in [-0.15, -0.1) is 0 Å². The maximum absolute atomic E-state index is 13.4. The summed E-state index contributed by atoms with van der Waals surface area (Å²) < 4.78 is 78.9. The van der Waals surface area contributed by atoms with Crippen LogP contribution in [0.4, 0.5) is 23.2 Å². The van der Waals surface area contributed by atoms with Crippen LogP contribution in [0.1, 0.15) is 31.9 Å². The van der Waals surface area contributed by atoms with Gasteiger partial charge in [0, 0.05) is 13.1 Å². The summed E-state index contributed by atoms with van der Waals surface area (Å²) in [5.41, 5.74) is -1.25. The summed E-state index contributed by atoms with van der Waals surface area (Å²) in [6.45, 7) is 4.37. The van der Waals surface area contributed by atoms with Crippen LogP contribution in [0, 0.1) is 11.7 Å². The van der Waals surface area contributed by atoms with E-state index in [1.165, 1.54) is 19.1 Å². The molecule has 13 heteroatoms. The monoisotopic (exact) mass is 565 g/mol. The summed E-state index contributed by atoms with van der Waals surface area (Å²) in [4.78, 5) is 27.3. The van der Waals surface area contributed by atoms with Crippen LogP contribution in [0.15, 0.2) is 42.5 Å². The molecule has 0 saturated heterocycles. The lowest BCUT2D eigenvalue weighted by molar-refractivity contribution is -0.139. The van der Waals surface area contributed by atoms with Crippen LogP contribution in [0.25, 0.3) is 0 Å². The molecule has 2 rings (SSSR count). The number of hydrogen-bond donors (Lipinski definition) is 1. The Bertz CT molecular complexity index is 1220. The molecule has 0 aromatic heterocycles. The van der Waals surface area contributed by atoms with E-state index in [9.17, 15) is 35.6 Å². The van der Waals surface area contributed by atoms with Crippen molar-refractivity contribution >= 4 is 39.1 Å². The minimum absolute atomic E-state index is 0.112. The van der Waals surface area contributed by atoms with E-state index in [1.807, 2.05) is 13.8 Å². The first-order chi connectivity index (χ1) is 17.0. The van der Waals surface area contributed by atoms with E-state index in [4.69, 9.17) is 11.6 Å². The van der Waals surface area contributed by atoms with Gasteiger partial charge >= 0.3 is 6.18 Å². The second-order valence-electron chi connectivity index (χ2n) is 8.90. The van der Waals surface area contributed by atoms with Gasteiger partial charge in [-0.05, 0) is 48.7 Å². The molecule has 7 nitrogen and oxygen atoms in total. The van der Waals surface area contributed by atoms with Crippen molar-refractivity contribution in [3.63, 3.8) is 0 Å². The molecule has 0 fully saturated rings. The maximum atomic E-state index is 13.4. The lowest BCUT2D eigenvalue weighted by Gasteiger charge is -2.32. The van der Waals surface area contributed by atoms with Crippen LogP contribution in [-0.4, -0.2) is 50.5 Å². The van der Waals surface area contributed by atoms with E-state index in [2.05, 4.69) is 5.32 Å². The van der Waals surface area contributed by atoms with Crippen LogP contribution in [0.2, 0.25) is 5.02 Å². The number of nitrogens with one attached hydrogen (secondary N) is 1. The number of carbonyl (C=O) groups is 2. The van der Waals surface area contributed by atoms with E-state index in [0.29, 0.717) is 28.5 Å². The molecule has 1 N–H and O–H groups in total. The third kappa shape index (κ3) is 8.60. The van der Waals surface area contributed by atoms with Crippen LogP contribution in [0.3, 0.4) is 0 Å². The van der Waals surface area contributed by atoms with Gasteiger partial charge in [0.15, 0.2) is 0 Å². The first kappa shape index (κ1) is 30.4. The number of amides is 2. The molecular weight excluding hydrogens is 538 g/mol. The largest absolute Gasteiger partial charge is 0.416 e. The summed E-state index contributed by atoms with van der Waals surface area (Å²) in [5, 5.41) is 2.37. The van der Waals surface area contributed by atoms with Gasteiger partial charge in [0.1, 0.15) is 18.4 Å². The summed E-state index contributed by atoms with van der Waals surface area (Å²) >= 11 is 6.04. The van der Waals surface area contributed by atoms with E-state index in [0.717, 1.165) is 29.4 Å². The molecule has 0 saturated carbocycles. The molecule has 0 aliphatic carbocycles. The van der Waals surface area contributed by atoms with E-state index in [-0.39, 0.29) is 17.5 Å². The van der Waals surface area contributed by atoms with Gasteiger partial charge < -0.3 is 10.2 Å². The van der Waals surface area contributed by atoms with Crippen LogP contribution >= 0.6 is 11.6 Å². The van der Waals surface area contributed by atoms with Crippen molar-refractivity contribution in [1.29, 1.82) is 0 Å². The highest BCUT2D eigenvalue weighted by Gasteiger charge is 2.34. The number of carbonyl (C=O) groups excluding carboxylic acids is 2. The second-order valence-corrected chi connectivity index (χ2v) is 11.2. The fourth-order valence-electron chi connectivity index (χ4n) is 3.30. The topological polar surface area (TPSA) is 86.8 Å². The molecule has 0 aliphatic rings. The highest BCUT2D eigenvalue weighted by Crippen LogP contribution is 2.36. The highest BCUT2D eigenvalue weighted by molar-refractivity contribution is 7.92. The van der Waals surface area contributed by atoms with Crippen LogP contribution in [-0.2, 0) is 32.3 Å². The van der Waals surface area contributed by atoms with Gasteiger partial charge in [0.25, 0.3) is 0 Å². The van der Waals surface area contributed by atoms with Crippen molar-refractivity contribution in [2.45, 2.75) is 39.5 Å².